The smallest absolute Gasteiger partial charge is 0.407 e. The largest absolute Gasteiger partial charge is 0.453 e. The lowest BCUT2D eigenvalue weighted by atomic mass is 9.77. The number of hydrogen-bond donors (Lipinski definition) is 3. The van der Waals surface area contributed by atoms with Gasteiger partial charge in [-0.15, -0.1) is 0 Å². The normalized spacial score (nSPS) is 19.1. The van der Waals surface area contributed by atoms with Gasteiger partial charge in [0.1, 0.15) is 30.0 Å². The maximum Gasteiger partial charge on any atom is 0.407 e. The zero-order valence-electron chi connectivity index (χ0n) is 35.9. The van der Waals surface area contributed by atoms with Gasteiger partial charge in [-0.3, -0.25) is 14.4 Å². The van der Waals surface area contributed by atoms with Gasteiger partial charge in [0.2, 0.25) is 0 Å². The van der Waals surface area contributed by atoms with Gasteiger partial charge in [-0.2, -0.15) is 18.3 Å². The molecule has 12 nitrogen and oxygen atoms in total. The number of methoxy groups -OCH3 is 1. The number of likely N-dealkylation sites (tertiary alicyclic amines) is 1. The fourth-order valence-electron chi connectivity index (χ4n) is 8.56. The number of carbonyl (C=O) groups excluding carboxylic acids is 2. The molecule has 3 saturated heterocycles. The van der Waals surface area contributed by atoms with Crippen LogP contribution in [0.5, 0.6) is 0 Å². The molecule has 3 aliphatic rings. The van der Waals surface area contributed by atoms with Crippen LogP contribution < -0.4 is 15.5 Å². The second kappa shape index (κ2) is 19.9. The summed E-state index contributed by atoms with van der Waals surface area (Å²) in [7, 11) is 0.942. The molecule has 3 aliphatic heterocycles. The molecule has 0 unspecified atom stereocenters. The van der Waals surface area contributed by atoms with Crippen LogP contribution in [0.3, 0.4) is 0 Å². The van der Waals surface area contributed by atoms with Gasteiger partial charge in [-0.25, -0.2) is 27.3 Å². The Morgan fingerprint density at radius 1 is 0.969 bits per heavy atom. The highest BCUT2D eigenvalue weighted by molar-refractivity contribution is 5.88. The molecule has 3 fully saturated rings. The number of nitrogens with zero attached hydrogens (tertiary/aromatic N) is 5. The van der Waals surface area contributed by atoms with Gasteiger partial charge >= 0.3 is 12.3 Å². The summed E-state index contributed by atoms with van der Waals surface area (Å²) in [5.41, 5.74) is -1.15. The van der Waals surface area contributed by atoms with Crippen molar-refractivity contribution >= 4 is 17.7 Å². The summed E-state index contributed by atoms with van der Waals surface area (Å²) in [5.74, 6) is 3.06. The standard InChI is InChI=1S/C46H50F7N7O5/c1-45(2,46(51,52)53)43(56-44(63)64-3)39(61)17-31(40(62)21-54-20-35-36(47)15-30(16-37(35)48)38-12-13-58(57-38)24-41(49)50)14-28-7-4-27(5-8-28)6-9-29-10-11-42(55-19-29)60-23-32-18-33(60)22-59(32)34-25-65-26-34/h4-5,7-8,10-13,15-16,19,31-34,40-41,43,54,62H,14,17-18,20-26H2,1-3H3,(H,56,63)/t31-,32-,33-,40+,43-/m1/s1. The molecule has 4 aromatic rings. The first-order valence-electron chi connectivity index (χ1n) is 21.2. The SMILES string of the molecule is COC(=O)N[C@H](C(=O)C[C@@H](Cc1ccc(C#Cc2ccc(N3C[C@H]4C[C@@H]3CN4C3COC3)nc2)cc1)[C@@H](O)CNCc1c(F)cc(-c2ccn(CC(F)F)n2)cc1F)C(C)(C)C(F)(F)F. The summed E-state index contributed by atoms with van der Waals surface area (Å²) in [5, 5.41) is 20.2. The molecule has 0 radical (unpaired) electrons. The molecule has 65 heavy (non-hydrogen) atoms. The van der Waals surface area contributed by atoms with Gasteiger partial charge in [0.25, 0.3) is 6.43 Å². The van der Waals surface area contributed by atoms with E-state index in [1.165, 1.54) is 12.3 Å². The van der Waals surface area contributed by atoms with E-state index in [1.54, 1.807) is 30.5 Å². The number of fused-ring (bicyclic) bond motifs is 2. The van der Waals surface area contributed by atoms with Crippen molar-refractivity contribution in [3.63, 3.8) is 0 Å². The number of anilines is 1. The lowest BCUT2D eigenvalue weighted by molar-refractivity contribution is -0.220. The van der Waals surface area contributed by atoms with Crippen molar-refractivity contribution in [1.29, 1.82) is 0 Å². The number of amides is 1. The number of ketones is 1. The minimum absolute atomic E-state index is 0.00618. The first-order chi connectivity index (χ1) is 30.9. The average Bonchev–Trinajstić information content (AvgIpc) is 3.99. The minimum atomic E-state index is -4.93. The van der Waals surface area contributed by atoms with Crippen molar-refractivity contribution in [1.82, 2.24) is 30.3 Å². The number of halogens is 7. The highest BCUT2D eigenvalue weighted by atomic mass is 19.4. The Balaban J connectivity index is 1.02. The fraction of sp³-hybridized carbons (Fsp3) is 0.478. The Kier molecular flexibility index (Phi) is 14.5. The zero-order chi connectivity index (χ0) is 46.6. The van der Waals surface area contributed by atoms with Crippen molar-refractivity contribution in [2.24, 2.45) is 11.3 Å². The molecule has 0 aliphatic carbocycles. The van der Waals surface area contributed by atoms with E-state index in [9.17, 15) is 36.6 Å². The Labute approximate surface area is 371 Å². The highest BCUT2D eigenvalue weighted by Crippen LogP contribution is 2.42. The molecular weight excluding hydrogens is 864 g/mol. The van der Waals surface area contributed by atoms with E-state index in [4.69, 9.17) is 4.74 Å². The molecule has 5 heterocycles. The van der Waals surface area contributed by atoms with Crippen molar-refractivity contribution in [2.45, 2.75) is 89.1 Å². The zero-order valence-corrected chi connectivity index (χ0v) is 35.9. The number of aliphatic hydroxyl groups excluding tert-OH is 1. The second-order valence-electron chi connectivity index (χ2n) is 17.3. The summed E-state index contributed by atoms with van der Waals surface area (Å²) < 4.78 is 110. The molecule has 0 spiro atoms. The summed E-state index contributed by atoms with van der Waals surface area (Å²) in [6.07, 6.45) is -6.89. The summed E-state index contributed by atoms with van der Waals surface area (Å²) in [6.45, 7) is 3.56. The molecule has 0 saturated carbocycles. The van der Waals surface area contributed by atoms with Gasteiger partial charge in [0.05, 0.1) is 43.6 Å². The van der Waals surface area contributed by atoms with E-state index in [0.29, 0.717) is 34.8 Å². The molecule has 5 atom stereocenters. The van der Waals surface area contributed by atoms with E-state index in [2.05, 4.69) is 41.8 Å². The molecular formula is C46H50F7N7O5. The quantitative estimate of drug-likeness (QED) is 0.0840. The van der Waals surface area contributed by atoms with Crippen molar-refractivity contribution in [3.05, 3.63) is 101 Å². The van der Waals surface area contributed by atoms with Gasteiger partial charge in [-0.05, 0) is 80.6 Å². The van der Waals surface area contributed by atoms with Crippen LogP contribution in [0.1, 0.15) is 48.9 Å². The van der Waals surface area contributed by atoms with E-state index in [0.717, 1.165) is 76.3 Å². The third kappa shape index (κ3) is 11.1. The summed E-state index contributed by atoms with van der Waals surface area (Å²) in [4.78, 5) is 35.5. The predicted octanol–water partition coefficient (Wildman–Crippen LogP) is 6.13. The van der Waals surface area contributed by atoms with Crippen LogP contribution in [0.2, 0.25) is 0 Å². The molecule has 2 aromatic carbocycles. The lowest BCUT2D eigenvalue weighted by Crippen LogP contribution is -2.56. The molecule has 1 amide bonds. The topological polar surface area (TPSA) is 134 Å². The Bertz CT molecular complexity index is 2340. The number of hydrogen-bond acceptors (Lipinski definition) is 10. The van der Waals surface area contributed by atoms with Crippen LogP contribution in [-0.4, -0.2) is 119 Å². The first kappa shape index (κ1) is 47.4. The van der Waals surface area contributed by atoms with E-state index >= 15 is 8.78 Å². The number of alkyl carbamates (subject to hydrolysis) is 1. The van der Waals surface area contributed by atoms with Crippen molar-refractivity contribution < 1.29 is 54.9 Å². The number of piperazine rings is 1. The molecule has 3 N–H and O–H groups in total. The Morgan fingerprint density at radius 3 is 2.25 bits per heavy atom. The third-order valence-corrected chi connectivity index (χ3v) is 12.5. The molecule has 348 valence electrons. The summed E-state index contributed by atoms with van der Waals surface area (Å²) in [6, 6.07) is 13.4. The maximum atomic E-state index is 15.2. The number of alkyl halides is 5. The van der Waals surface area contributed by atoms with Crippen LogP contribution >= 0.6 is 0 Å². The Morgan fingerprint density at radius 2 is 1.66 bits per heavy atom. The van der Waals surface area contributed by atoms with Gasteiger partial charge in [0.15, 0.2) is 5.78 Å². The predicted molar refractivity (Wildman–Crippen MR) is 225 cm³/mol. The van der Waals surface area contributed by atoms with E-state index in [-0.39, 0.29) is 24.2 Å². The monoisotopic (exact) mass is 913 g/mol. The molecule has 2 bridgehead atoms. The number of carbonyl (C=O) groups is 2. The number of nitrogens with one attached hydrogen (secondary N) is 2. The average molecular weight is 914 g/mol. The number of Topliss-reactive ketones (excluding diaryl/α,β-unsaturated/α-hetero) is 1. The van der Waals surface area contributed by atoms with E-state index in [1.807, 2.05) is 17.4 Å². The van der Waals surface area contributed by atoms with Crippen LogP contribution in [0, 0.1) is 34.8 Å². The number of benzene rings is 2. The third-order valence-electron chi connectivity index (χ3n) is 12.5. The first-order valence-corrected chi connectivity index (χ1v) is 21.2. The number of aliphatic hydroxyl groups is 1. The number of aromatic nitrogens is 3. The lowest BCUT2D eigenvalue weighted by Gasteiger charge is -2.42. The van der Waals surface area contributed by atoms with Gasteiger partial charge < -0.3 is 30.1 Å². The number of rotatable bonds is 17. The minimum Gasteiger partial charge on any atom is -0.453 e. The van der Waals surface area contributed by atoms with Crippen LogP contribution in [0.15, 0.2) is 67.0 Å². The van der Waals surface area contributed by atoms with Crippen LogP contribution in [-0.2, 0) is 33.8 Å². The van der Waals surface area contributed by atoms with E-state index < -0.39 is 84.7 Å². The molecule has 19 heteroatoms. The maximum absolute atomic E-state index is 15.2. The molecule has 2 aromatic heterocycles. The fourth-order valence-corrected chi connectivity index (χ4v) is 8.56. The number of ether oxygens (including phenoxy) is 2. The molecule has 7 rings (SSSR count). The van der Waals surface area contributed by atoms with Gasteiger partial charge in [0, 0.05) is 79.3 Å². The number of pyridine rings is 1. The van der Waals surface area contributed by atoms with Crippen LogP contribution in [0.4, 0.5) is 41.3 Å². The highest BCUT2D eigenvalue weighted by Gasteiger charge is 2.55. The Hall–Kier alpha value is -5.55. The van der Waals surface area contributed by atoms with Crippen molar-refractivity contribution in [3.8, 4) is 23.1 Å². The van der Waals surface area contributed by atoms with Crippen LogP contribution in [0.25, 0.3) is 11.3 Å². The second-order valence-corrected chi connectivity index (χ2v) is 17.3. The summed E-state index contributed by atoms with van der Waals surface area (Å²) >= 11 is 0. The van der Waals surface area contributed by atoms with Gasteiger partial charge in [-0.1, -0.05) is 24.0 Å². The van der Waals surface area contributed by atoms with Crippen molar-refractivity contribution in [2.75, 3.05) is 44.9 Å².